The summed E-state index contributed by atoms with van der Waals surface area (Å²) in [6.07, 6.45) is 2.43. The van der Waals surface area contributed by atoms with Gasteiger partial charge in [-0.1, -0.05) is 13.3 Å². The molecule has 0 aromatic carbocycles. The zero-order chi connectivity index (χ0) is 12.7. The molecule has 0 saturated heterocycles. The molecule has 0 bridgehead atoms. The highest BCUT2D eigenvalue weighted by atomic mass is 16.5. The number of methoxy groups -OCH3 is 1. The lowest BCUT2D eigenvalue weighted by atomic mass is 10.0. The zero-order valence-electron chi connectivity index (χ0n) is 10.7. The van der Waals surface area contributed by atoms with E-state index in [1.165, 1.54) is 0 Å². The Morgan fingerprint density at radius 1 is 1.41 bits per heavy atom. The quantitative estimate of drug-likeness (QED) is 0.793. The highest BCUT2D eigenvalue weighted by Gasteiger charge is 2.24. The van der Waals surface area contributed by atoms with Crippen molar-refractivity contribution in [2.45, 2.75) is 38.9 Å². The summed E-state index contributed by atoms with van der Waals surface area (Å²) >= 11 is 0. The number of ether oxygens (including phenoxy) is 2. The molecule has 1 rings (SSSR count). The van der Waals surface area contributed by atoms with E-state index in [-0.39, 0.29) is 6.10 Å². The van der Waals surface area contributed by atoms with Crippen LogP contribution >= 0.6 is 0 Å². The number of aliphatic hydroxyl groups excluding tert-OH is 1. The van der Waals surface area contributed by atoms with E-state index in [1.807, 2.05) is 6.92 Å². The lowest BCUT2D eigenvalue weighted by Gasteiger charge is -2.23. The Hall–Kier alpha value is -1.13. The highest BCUT2D eigenvalue weighted by molar-refractivity contribution is 5.29. The van der Waals surface area contributed by atoms with Crippen LogP contribution in [0.4, 0.5) is 0 Å². The van der Waals surface area contributed by atoms with Crippen LogP contribution in [0.2, 0.25) is 0 Å². The number of hydrogen-bond acceptors (Lipinski definition) is 4. The van der Waals surface area contributed by atoms with Gasteiger partial charge in [0.15, 0.2) is 0 Å². The average Bonchev–Trinajstić information content (AvgIpc) is 2.37. The third kappa shape index (κ3) is 3.68. The molecule has 17 heavy (non-hydrogen) atoms. The largest absolute Gasteiger partial charge is 0.495 e. The molecule has 4 nitrogen and oxygen atoms in total. The smallest absolute Gasteiger partial charge is 0.143 e. The Bertz CT molecular complexity index is 324. The monoisotopic (exact) mass is 239 g/mol. The fraction of sp³-hybridized carbons (Fsp3) is 0.615. The Morgan fingerprint density at radius 2 is 2.18 bits per heavy atom. The summed E-state index contributed by atoms with van der Waals surface area (Å²) in [5.41, 5.74) is 0.543. The topological polar surface area (TPSA) is 51.6 Å². The molecule has 0 aliphatic carbocycles. The van der Waals surface area contributed by atoms with Gasteiger partial charge in [-0.15, -0.1) is 0 Å². The Kier molecular flexibility index (Phi) is 5.94. The molecule has 4 heteroatoms. The minimum Gasteiger partial charge on any atom is -0.495 e. The van der Waals surface area contributed by atoms with Crippen LogP contribution in [-0.2, 0) is 4.74 Å². The lowest BCUT2D eigenvalue weighted by molar-refractivity contribution is -0.0410. The number of aromatic nitrogens is 1. The minimum atomic E-state index is -0.744. The number of nitrogens with zero attached hydrogens (tertiary/aromatic N) is 1. The van der Waals surface area contributed by atoms with Crippen molar-refractivity contribution in [1.29, 1.82) is 0 Å². The van der Waals surface area contributed by atoms with Crippen molar-refractivity contribution in [2.75, 3.05) is 13.7 Å². The van der Waals surface area contributed by atoms with Gasteiger partial charge >= 0.3 is 0 Å². The molecule has 1 N–H and O–H groups in total. The van der Waals surface area contributed by atoms with Crippen LogP contribution in [0.3, 0.4) is 0 Å². The van der Waals surface area contributed by atoms with E-state index < -0.39 is 6.10 Å². The summed E-state index contributed by atoms with van der Waals surface area (Å²) in [5, 5.41) is 10.3. The van der Waals surface area contributed by atoms with Crippen molar-refractivity contribution in [3.05, 3.63) is 24.0 Å². The Balaban J connectivity index is 2.87. The normalized spacial score (nSPS) is 14.4. The van der Waals surface area contributed by atoms with Crippen molar-refractivity contribution in [3.63, 3.8) is 0 Å². The van der Waals surface area contributed by atoms with Crippen molar-refractivity contribution in [1.82, 2.24) is 4.98 Å². The van der Waals surface area contributed by atoms with Gasteiger partial charge in [0, 0.05) is 12.8 Å². The van der Waals surface area contributed by atoms with E-state index in [0.29, 0.717) is 18.1 Å². The van der Waals surface area contributed by atoms with Crippen LogP contribution in [0.25, 0.3) is 0 Å². The zero-order valence-corrected chi connectivity index (χ0v) is 10.7. The second-order valence-electron chi connectivity index (χ2n) is 3.82. The molecule has 0 radical (unpaired) electrons. The third-order valence-electron chi connectivity index (χ3n) is 2.61. The summed E-state index contributed by atoms with van der Waals surface area (Å²) < 4.78 is 10.7. The molecule has 2 unspecified atom stereocenters. The molecule has 1 heterocycles. The van der Waals surface area contributed by atoms with E-state index >= 15 is 0 Å². The van der Waals surface area contributed by atoms with Gasteiger partial charge in [0.25, 0.3) is 0 Å². The van der Waals surface area contributed by atoms with Gasteiger partial charge in [0.2, 0.25) is 0 Å². The maximum Gasteiger partial charge on any atom is 0.143 e. The average molecular weight is 239 g/mol. The van der Waals surface area contributed by atoms with Crippen LogP contribution < -0.4 is 4.74 Å². The van der Waals surface area contributed by atoms with E-state index in [9.17, 15) is 5.11 Å². The SMILES string of the molecule is CCCC(OCC)C(O)c1ncccc1OC. The van der Waals surface area contributed by atoms with Crippen LogP contribution in [-0.4, -0.2) is 29.9 Å². The molecule has 96 valence electrons. The maximum absolute atomic E-state index is 10.3. The number of pyridine rings is 1. The van der Waals surface area contributed by atoms with Crippen LogP contribution in [0, 0.1) is 0 Å². The summed E-state index contributed by atoms with van der Waals surface area (Å²) in [6.45, 7) is 4.57. The molecule has 0 saturated carbocycles. The molecule has 2 atom stereocenters. The predicted octanol–water partition coefficient (Wildman–Crippen LogP) is 2.33. The molecule has 0 aliphatic rings. The van der Waals surface area contributed by atoms with Gasteiger partial charge in [-0.2, -0.15) is 0 Å². The lowest BCUT2D eigenvalue weighted by Crippen LogP contribution is -2.23. The second-order valence-corrected chi connectivity index (χ2v) is 3.82. The number of rotatable bonds is 7. The first kappa shape index (κ1) is 13.9. The molecule has 0 aliphatic heterocycles. The van der Waals surface area contributed by atoms with Gasteiger partial charge in [-0.25, -0.2) is 0 Å². The summed E-state index contributed by atoms with van der Waals surface area (Å²) in [7, 11) is 1.57. The van der Waals surface area contributed by atoms with Crippen molar-refractivity contribution < 1.29 is 14.6 Å². The van der Waals surface area contributed by atoms with Gasteiger partial charge in [0.05, 0.1) is 13.2 Å². The fourth-order valence-electron chi connectivity index (χ4n) is 1.80. The minimum absolute atomic E-state index is 0.228. The predicted molar refractivity (Wildman–Crippen MR) is 66.1 cm³/mol. The maximum atomic E-state index is 10.3. The summed E-state index contributed by atoms with van der Waals surface area (Å²) in [4.78, 5) is 4.18. The van der Waals surface area contributed by atoms with Crippen molar-refractivity contribution in [3.8, 4) is 5.75 Å². The molecule has 0 fully saturated rings. The molecule has 0 spiro atoms. The van der Waals surface area contributed by atoms with E-state index in [4.69, 9.17) is 9.47 Å². The van der Waals surface area contributed by atoms with E-state index in [2.05, 4.69) is 11.9 Å². The van der Waals surface area contributed by atoms with Crippen molar-refractivity contribution in [2.24, 2.45) is 0 Å². The molecule has 1 aromatic rings. The van der Waals surface area contributed by atoms with Crippen LogP contribution in [0.5, 0.6) is 5.75 Å². The first-order valence-electron chi connectivity index (χ1n) is 6.03. The first-order valence-corrected chi connectivity index (χ1v) is 6.03. The van der Waals surface area contributed by atoms with Gasteiger partial charge in [0.1, 0.15) is 17.5 Å². The first-order chi connectivity index (χ1) is 8.24. The molecule has 0 amide bonds. The van der Waals surface area contributed by atoms with E-state index in [1.54, 1.807) is 25.4 Å². The van der Waals surface area contributed by atoms with E-state index in [0.717, 1.165) is 12.8 Å². The van der Waals surface area contributed by atoms with Gasteiger partial charge in [-0.05, 0) is 25.5 Å². The molecular formula is C13H21NO3. The van der Waals surface area contributed by atoms with Gasteiger partial charge in [-0.3, -0.25) is 4.98 Å². The number of hydrogen-bond donors (Lipinski definition) is 1. The van der Waals surface area contributed by atoms with Crippen molar-refractivity contribution >= 4 is 0 Å². The third-order valence-corrected chi connectivity index (χ3v) is 2.61. The standard InChI is InChI=1S/C13H21NO3/c1-4-7-11(17-5-2)13(15)12-10(16-3)8-6-9-14-12/h6,8-9,11,13,15H,4-5,7H2,1-3H3. The Labute approximate surface area is 103 Å². The Morgan fingerprint density at radius 3 is 2.76 bits per heavy atom. The fourth-order valence-corrected chi connectivity index (χ4v) is 1.80. The summed E-state index contributed by atoms with van der Waals surface area (Å²) in [6, 6.07) is 3.57. The van der Waals surface area contributed by atoms with Gasteiger partial charge < -0.3 is 14.6 Å². The van der Waals surface area contributed by atoms with Crippen LogP contribution in [0.15, 0.2) is 18.3 Å². The van der Waals surface area contributed by atoms with Crippen LogP contribution in [0.1, 0.15) is 38.5 Å². The highest BCUT2D eigenvalue weighted by Crippen LogP contribution is 2.27. The summed E-state index contributed by atoms with van der Waals surface area (Å²) in [5.74, 6) is 0.598. The molecule has 1 aromatic heterocycles. The second kappa shape index (κ2) is 7.25. The molecular weight excluding hydrogens is 218 g/mol. The number of aliphatic hydroxyl groups is 1.